The molecule has 0 aliphatic heterocycles. The first-order chi connectivity index (χ1) is 10.3. The van der Waals surface area contributed by atoms with Gasteiger partial charge in [-0.05, 0) is 18.4 Å². The Morgan fingerprint density at radius 3 is 2.57 bits per heavy atom. The lowest BCUT2D eigenvalue weighted by molar-refractivity contribution is 0.0573. The van der Waals surface area contributed by atoms with Crippen molar-refractivity contribution in [3.8, 4) is 0 Å². The maximum Gasteiger partial charge on any atom is 0.410 e. The Morgan fingerprint density at radius 1 is 1.19 bits per heavy atom. The number of amides is 1. The minimum Gasteiger partial charge on any atom is -0.445 e. The van der Waals surface area contributed by atoms with Crippen molar-refractivity contribution in [3.05, 3.63) is 35.9 Å². The standard InChI is InChI=1S/C17H25NO3/c1-20-13-12-18(16-10-6-3-7-11-16)17(19)21-14-15-8-4-2-5-9-15/h2,4-5,8-9,16H,3,6-7,10-14H2,1H3. The van der Waals surface area contributed by atoms with E-state index in [0.717, 1.165) is 18.4 Å². The third kappa shape index (κ3) is 5.05. The fraction of sp³-hybridized carbons (Fsp3) is 0.588. The van der Waals surface area contributed by atoms with Crippen LogP contribution in [0.25, 0.3) is 0 Å². The normalized spacial score (nSPS) is 15.7. The Balaban J connectivity index is 1.90. The quantitative estimate of drug-likeness (QED) is 0.803. The van der Waals surface area contributed by atoms with E-state index in [4.69, 9.17) is 9.47 Å². The molecule has 116 valence electrons. The van der Waals surface area contributed by atoms with Crippen LogP contribution in [0, 0.1) is 0 Å². The highest BCUT2D eigenvalue weighted by Gasteiger charge is 2.26. The second kappa shape index (κ2) is 8.67. The van der Waals surface area contributed by atoms with Crippen molar-refractivity contribution in [3.63, 3.8) is 0 Å². The van der Waals surface area contributed by atoms with Gasteiger partial charge in [0.1, 0.15) is 6.61 Å². The maximum absolute atomic E-state index is 12.4. The van der Waals surface area contributed by atoms with Gasteiger partial charge in [0.25, 0.3) is 0 Å². The van der Waals surface area contributed by atoms with E-state index in [1.54, 1.807) is 7.11 Å². The van der Waals surface area contributed by atoms with Crippen LogP contribution in [0.15, 0.2) is 30.3 Å². The number of hydrogen-bond donors (Lipinski definition) is 0. The first-order valence-electron chi connectivity index (χ1n) is 7.77. The molecule has 0 N–H and O–H groups in total. The Bertz CT molecular complexity index is 415. The number of carbonyl (C=O) groups is 1. The number of benzene rings is 1. The van der Waals surface area contributed by atoms with Gasteiger partial charge in [0, 0.05) is 19.7 Å². The molecule has 1 aromatic carbocycles. The highest BCUT2D eigenvalue weighted by atomic mass is 16.6. The lowest BCUT2D eigenvalue weighted by Gasteiger charge is -2.33. The molecule has 0 heterocycles. The molecule has 1 aliphatic carbocycles. The molecule has 1 aromatic rings. The zero-order valence-corrected chi connectivity index (χ0v) is 12.8. The summed E-state index contributed by atoms with van der Waals surface area (Å²) in [7, 11) is 1.66. The molecular formula is C17H25NO3. The van der Waals surface area contributed by atoms with Crippen molar-refractivity contribution >= 4 is 6.09 Å². The van der Waals surface area contributed by atoms with Crippen molar-refractivity contribution in [1.29, 1.82) is 0 Å². The predicted molar refractivity (Wildman–Crippen MR) is 82.1 cm³/mol. The highest BCUT2D eigenvalue weighted by molar-refractivity contribution is 5.68. The molecule has 0 unspecified atom stereocenters. The van der Waals surface area contributed by atoms with Gasteiger partial charge in [-0.1, -0.05) is 49.6 Å². The Labute approximate surface area is 127 Å². The fourth-order valence-electron chi connectivity index (χ4n) is 2.81. The minimum atomic E-state index is -0.220. The maximum atomic E-state index is 12.4. The summed E-state index contributed by atoms with van der Waals surface area (Å²) in [6.07, 6.45) is 5.59. The Hall–Kier alpha value is -1.55. The van der Waals surface area contributed by atoms with Gasteiger partial charge >= 0.3 is 6.09 Å². The summed E-state index contributed by atoms with van der Waals surface area (Å²) < 4.78 is 10.6. The average molecular weight is 291 g/mol. The van der Waals surface area contributed by atoms with Gasteiger partial charge in [0.2, 0.25) is 0 Å². The fourth-order valence-corrected chi connectivity index (χ4v) is 2.81. The number of nitrogens with zero attached hydrogens (tertiary/aromatic N) is 1. The third-order valence-electron chi connectivity index (χ3n) is 3.99. The smallest absolute Gasteiger partial charge is 0.410 e. The lowest BCUT2D eigenvalue weighted by atomic mass is 9.94. The van der Waals surface area contributed by atoms with E-state index in [0.29, 0.717) is 25.8 Å². The topological polar surface area (TPSA) is 38.8 Å². The molecule has 0 atom stereocenters. The SMILES string of the molecule is COCCN(C(=O)OCc1ccccc1)C1CCCCC1. The zero-order valence-electron chi connectivity index (χ0n) is 12.8. The van der Waals surface area contributed by atoms with Gasteiger partial charge < -0.3 is 14.4 Å². The van der Waals surface area contributed by atoms with Gasteiger partial charge in [0.15, 0.2) is 0 Å². The van der Waals surface area contributed by atoms with Crippen molar-refractivity contribution in [1.82, 2.24) is 4.90 Å². The molecule has 1 aliphatic rings. The van der Waals surface area contributed by atoms with E-state index in [1.165, 1.54) is 19.3 Å². The molecule has 0 spiro atoms. The number of methoxy groups -OCH3 is 1. The largest absolute Gasteiger partial charge is 0.445 e. The van der Waals surface area contributed by atoms with Crippen LogP contribution < -0.4 is 0 Å². The monoisotopic (exact) mass is 291 g/mol. The molecule has 1 saturated carbocycles. The average Bonchev–Trinajstić information content (AvgIpc) is 2.55. The molecular weight excluding hydrogens is 266 g/mol. The molecule has 4 nitrogen and oxygen atoms in total. The van der Waals surface area contributed by atoms with Gasteiger partial charge in [-0.15, -0.1) is 0 Å². The molecule has 0 aromatic heterocycles. The van der Waals surface area contributed by atoms with Crippen LogP contribution >= 0.6 is 0 Å². The molecule has 21 heavy (non-hydrogen) atoms. The number of hydrogen-bond acceptors (Lipinski definition) is 3. The summed E-state index contributed by atoms with van der Waals surface area (Å²) in [6, 6.07) is 10.1. The Kier molecular flexibility index (Phi) is 6.54. The van der Waals surface area contributed by atoms with Gasteiger partial charge in [-0.3, -0.25) is 0 Å². The molecule has 0 bridgehead atoms. The number of rotatable bonds is 6. The van der Waals surface area contributed by atoms with Gasteiger partial charge in [-0.2, -0.15) is 0 Å². The molecule has 0 radical (unpaired) electrons. The molecule has 1 fully saturated rings. The molecule has 1 amide bonds. The lowest BCUT2D eigenvalue weighted by Crippen LogP contribution is -2.43. The summed E-state index contributed by atoms with van der Waals surface area (Å²) in [5.74, 6) is 0. The summed E-state index contributed by atoms with van der Waals surface area (Å²) in [4.78, 5) is 14.2. The highest BCUT2D eigenvalue weighted by Crippen LogP contribution is 2.23. The van der Waals surface area contributed by atoms with Crippen LogP contribution in [0.1, 0.15) is 37.7 Å². The number of carbonyl (C=O) groups excluding carboxylic acids is 1. The second-order valence-corrected chi connectivity index (χ2v) is 5.52. The van der Waals surface area contributed by atoms with Crippen molar-refractivity contribution < 1.29 is 14.3 Å². The van der Waals surface area contributed by atoms with Crippen LogP contribution in [0.2, 0.25) is 0 Å². The molecule has 4 heteroatoms. The first kappa shape index (κ1) is 15.8. The van der Waals surface area contributed by atoms with Crippen LogP contribution in [-0.4, -0.2) is 37.3 Å². The van der Waals surface area contributed by atoms with Crippen molar-refractivity contribution in [2.75, 3.05) is 20.3 Å². The second-order valence-electron chi connectivity index (χ2n) is 5.52. The van der Waals surface area contributed by atoms with Crippen LogP contribution in [0.3, 0.4) is 0 Å². The summed E-state index contributed by atoms with van der Waals surface area (Å²) >= 11 is 0. The molecule has 2 rings (SSSR count). The van der Waals surface area contributed by atoms with Crippen molar-refractivity contribution in [2.45, 2.75) is 44.8 Å². The van der Waals surface area contributed by atoms with Crippen LogP contribution in [-0.2, 0) is 16.1 Å². The van der Waals surface area contributed by atoms with E-state index >= 15 is 0 Å². The van der Waals surface area contributed by atoms with E-state index in [9.17, 15) is 4.79 Å². The predicted octanol–water partition coefficient (Wildman–Crippen LogP) is 3.60. The first-order valence-corrected chi connectivity index (χ1v) is 7.77. The van der Waals surface area contributed by atoms with Gasteiger partial charge in [-0.25, -0.2) is 4.79 Å². The number of ether oxygens (including phenoxy) is 2. The third-order valence-corrected chi connectivity index (χ3v) is 3.99. The van der Waals surface area contributed by atoms with E-state index < -0.39 is 0 Å². The zero-order chi connectivity index (χ0) is 14.9. The molecule has 0 saturated heterocycles. The van der Waals surface area contributed by atoms with E-state index in [1.807, 2.05) is 35.2 Å². The van der Waals surface area contributed by atoms with Gasteiger partial charge in [0.05, 0.1) is 6.61 Å². The van der Waals surface area contributed by atoms with Crippen LogP contribution in [0.5, 0.6) is 0 Å². The summed E-state index contributed by atoms with van der Waals surface area (Å²) in [5, 5.41) is 0. The van der Waals surface area contributed by atoms with E-state index in [-0.39, 0.29) is 6.09 Å². The minimum absolute atomic E-state index is 0.220. The summed E-state index contributed by atoms with van der Waals surface area (Å²) in [5.41, 5.74) is 1.01. The van der Waals surface area contributed by atoms with Crippen LogP contribution in [0.4, 0.5) is 4.79 Å². The van der Waals surface area contributed by atoms with E-state index in [2.05, 4.69) is 0 Å². The Morgan fingerprint density at radius 2 is 1.90 bits per heavy atom. The summed E-state index contributed by atoms with van der Waals surface area (Å²) in [6.45, 7) is 1.49. The van der Waals surface area contributed by atoms with Crippen molar-refractivity contribution in [2.24, 2.45) is 0 Å².